The van der Waals surface area contributed by atoms with E-state index in [0.717, 1.165) is 0 Å². The molecule has 0 aromatic carbocycles. The van der Waals surface area contributed by atoms with Crippen LogP contribution in [0.1, 0.15) is 16.2 Å². The van der Waals surface area contributed by atoms with Crippen LogP contribution >= 0.6 is 10.7 Å². The normalized spacial score (nSPS) is 11.5. The van der Waals surface area contributed by atoms with E-state index in [1.54, 1.807) is 0 Å². The molecule has 1 aromatic heterocycles. The third-order valence-corrected chi connectivity index (χ3v) is 3.39. The Morgan fingerprint density at radius 3 is 2.76 bits per heavy atom. The molecular formula is C8H12ClN3O4S. The number of nitrogens with zero attached hydrogens (tertiary/aromatic N) is 1. The van der Waals surface area contributed by atoms with Crippen LogP contribution in [0.3, 0.4) is 0 Å². The quantitative estimate of drug-likeness (QED) is 0.585. The molecule has 0 saturated carbocycles. The van der Waals surface area contributed by atoms with Gasteiger partial charge in [0.15, 0.2) is 5.69 Å². The van der Waals surface area contributed by atoms with E-state index in [4.69, 9.17) is 15.4 Å². The smallest absolute Gasteiger partial charge is 0.273 e. The second-order valence-electron chi connectivity index (χ2n) is 3.21. The van der Waals surface area contributed by atoms with Gasteiger partial charge in [0.1, 0.15) is 4.90 Å². The summed E-state index contributed by atoms with van der Waals surface area (Å²) in [6.07, 6.45) is 0. The van der Waals surface area contributed by atoms with Gasteiger partial charge < -0.3 is 10.1 Å². The van der Waals surface area contributed by atoms with Gasteiger partial charge in [-0.25, -0.2) is 8.42 Å². The van der Waals surface area contributed by atoms with Crippen LogP contribution < -0.4 is 5.32 Å². The average molecular weight is 282 g/mol. The number of rotatable bonds is 5. The zero-order chi connectivity index (χ0) is 13.1. The van der Waals surface area contributed by atoms with Crippen LogP contribution in [0.2, 0.25) is 0 Å². The molecule has 0 fully saturated rings. The molecule has 0 unspecified atom stereocenters. The zero-order valence-corrected chi connectivity index (χ0v) is 10.9. The largest absolute Gasteiger partial charge is 0.383 e. The number of aromatic nitrogens is 2. The highest BCUT2D eigenvalue weighted by atomic mass is 35.7. The minimum absolute atomic E-state index is 0.219. The second kappa shape index (κ2) is 5.48. The summed E-state index contributed by atoms with van der Waals surface area (Å²) in [7, 11) is 2.70. The summed E-state index contributed by atoms with van der Waals surface area (Å²) in [5.74, 6) is -0.620. The van der Waals surface area contributed by atoms with Gasteiger partial charge in [-0.05, 0) is 6.92 Å². The summed E-state index contributed by atoms with van der Waals surface area (Å²) >= 11 is 0. The van der Waals surface area contributed by atoms with Gasteiger partial charge in [0.05, 0.1) is 12.3 Å². The Hall–Kier alpha value is -1.12. The topological polar surface area (TPSA) is 101 Å². The van der Waals surface area contributed by atoms with E-state index < -0.39 is 15.0 Å². The van der Waals surface area contributed by atoms with Crippen LogP contribution in [-0.4, -0.2) is 44.8 Å². The molecule has 1 aromatic rings. The van der Waals surface area contributed by atoms with Crippen molar-refractivity contribution in [1.82, 2.24) is 15.5 Å². The van der Waals surface area contributed by atoms with Crippen molar-refractivity contribution in [1.29, 1.82) is 0 Å². The molecule has 1 rings (SSSR count). The number of amides is 1. The number of H-pyrrole nitrogens is 1. The second-order valence-corrected chi connectivity index (χ2v) is 5.72. The van der Waals surface area contributed by atoms with Crippen molar-refractivity contribution in [3.8, 4) is 0 Å². The predicted molar refractivity (Wildman–Crippen MR) is 60.6 cm³/mol. The van der Waals surface area contributed by atoms with Crippen molar-refractivity contribution >= 4 is 25.6 Å². The molecule has 1 heterocycles. The zero-order valence-electron chi connectivity index (χ0n) is 9.28. The van der Waals surface area contributed by atoms with Crippen LogP contribution in [0.4, 0.5) is 0 Å². The number of hydrogen-bond acceptors (Lipinski definition) is 5. The van der Waals surface area contributed by atoms with Crippen LogP contribution in [0.15, 0.2) is 4.90 Å². The predicted octanol–water partition coefficient (Wildman–Crippen LogP) is 0.0218. The summed E-state index contributed by atoms with van der Waals surface area (Å²) in [6.45, 7) is 2.04. The molecule has 1 amide bonds. The van der Waals surface area contributed by atoms with E-state index in [1.165, 1.54) is 14.0 Å². The summed E-state index contributed by atoms with van der Waals surface area (Å²) in [4.78, 5) is 11.3. The molecule has 2 N–H and O–H groups in total. The Morgan fingerprint density at radius 2 is 2.24 bits per heavy atom. The SMILES string of the molecule is COCCNC(=O)c1n[nH]c(C)c1S(=O)(=O)Cl. The van der Waals surface area contributed by atoms with Gasteiger partial charge in [0.25, 0.3) is 15.0 Å². The first-order valence-corrected chi connectivity index (χ1v) is 6.95. The van der Waals surface area contributed by atoms with Gasteiger partial charge in [0, 0.05) is 24.3 Å². The van der Waals surface area contributed by atoms with E-state index in [-0.39, 0.29) is 22.8 Å². The van der Waals surface area contributed by atoms with Gasteiger partial charge >= 0.3 is 0 Å². The first-order chi connectivity index (χ1) is 7.88. The minimum atomic E-state index is -4.01. The number of hydrogen-bond donors (Lipinski definition) is 2. The lowest BCUT2D eigenvalue weighted by atomic mass is 10.3. The van der Waals surface area contributed by atoms with Gasteiger partial charge in [-0.1, -0.05) is 0 Å². The number of halogens is 1. The summed E-state index contributed by atoms with van der Waals surface area (Å²) < 4.78 is 27.3. The maximum atomic E-state index is 11.6. The Kier molecular flexibility index (Phi) is 4.49. The van der Waals surface area contributed by atoms with E-state index in [9.17, 15) is 13.2 Å². The van der Waals surface area contributed by atoms with E-state index in [2.05, 4.69) is 15.5 Å². The van der Waals surface area contributed by atoms with Crippen LogP contribution in [-0.2, 0) is 13.8 Å². The Morgan fingerprint density at radius 1 is 1.59 bits per heavy atom. The van der Waals surface area contributed by atoms with Crippen molar-refractivity contribution in [2.24, 2.45) is 0 Å². The molecule has 0 bridgehead atoms. The highest BCUT2D eigenvalue weighted by Crippen LogP contribution is 2.21. The molecule has 0 aliphatic rings. The average Bonchev–Trinajstić information content (AvgIpc) is 2.60. The van der Waals surface area contributed by atoms with Gasteiger partial charge in [-0.15, -0.1) is 0 Å². The van der Waals surface area contributed by atoms with Crippen molar-refractivity contribution in [2.45, 2.75) is 11.8 Å². The molecular weight excluding hydrogens is 270 g/mol. The third kappa shape index (κ3) is 3.42. The molecule has 9 heteroatoms. The number of aryl methyl sites for hydroxylation is 1. The van der Waals surface area contributed by atoms with Crippen LogP contribution in [0.5, 0.6) is 0 Å². The van der Waals surface area contributed by atoms with Crippen molar-refractivity contribution < 1.29 is 17.9 Å². The highest BCUT2D eigenvalue weighted by Gasteiger charge is 2.26. The molecule has 0 aliphatic carbocycles. The summed E-state index contributed by atoms with van der Waals surface area (Å²) in [6, 6.07) is 0. The van der Waals surface area contributed by atoms with Crippen molar-refractivity contribution in [3.63, 3.8) is 0 Å². The molecule has 7 nitrogen and oxygen atoms in total. The van der Waals surface area contributed by atoms with Gasteiger partial charge in [-0.2, -0.15) is 5.10 Å². The highest BCUT2D eigenvalue weighted by molar-refractivity contribution is 8.13. The van der Waals surface area contributed by atoms with Crippen molar-refractivity contribution in [3.05, 3.63) is 11.4 Å². The number of aromatic amines is 1. The lowest BCUT2D eigenvalue weighted by Gasteiger charge is -2.03. The molecule has 0 saturated heterocycles. The van der Waals surface area contributed by atoms with Gasteiger partial charge in [0.2, 0.25) is 0 Å². The number of carbonyl (C=O) groups is 1. The molecule has 0 atom stereocenters. The lowest BCUT2D eigenvalue weighted by molar-refractivity contribution is 0.0929. The van der Waals surface area contributed by atoms with Crippen molar-refractivity contribution in [2.75, 3.05) is 20.3 Å². The Bertz CT molecular complexity index is 511. The fourth-order valence-corrected chi connectivity index (χ4v) is 2.57. The Labute approximate surface area is 103 Å². The lowest BCUT2D eigenvalue weighted by Crippen LogP contribution is -2.28. The maximum Gasteiger partial charge on any atom is 0.273 e. The monoisotopic (exact) mass is 281 g/mol. The first-order valence-electron chi connectivity index (χ1n) is 4.64. The summed E-state index contributed by atoms with van der Waals surface area (Å²) in [5, 5.41) is 8.48. The van der Waals surface area contributed by atoms with E-state index in [1.807, 2.05) is 0 Å². The van der Waals surface area contributed by atoms with E-state index in [0.29, 0.717) is 6.61 Å². The minimum Gasteiger partial charge on any atom is -0.383 e. The van der Waals surface area contributed by atoms with Gasteiger partial charge in [-0.3, -0.25) is 9.89 Å². The first kappa shape index (κ1) is 13.9. The van der Waals surface area contributed by atoms with E-state index >= 15 is 0 Å². The number of nitrogens with one attached hydrogen (secondary N) is 2. The molecule has 17 heavy (non-hydrogen) atoms. The number of carbonyl (C=O) groups excluding carboxylic acids is 1. The molecule has 96 valence electrons. The Balaban J connectivity index is 2.96. The van der Waals surface area contributed by atoms with Crippen LogP contribution in [0, 0.1) is 6.92 Å². The molecule has 0 aliphatic heterocycles. The number of ether oxygens (including phenoxy) is 1. The van der Waals surface area contributed by atoms with Crippen LogP contribution in [0.25, 0.3) is 0 Å². The molecule has 0 radical (unpaired) electrons. The summed E-state index contributed by atoms with van der Waals surface area (Å²) in [5.41, 5.74) is -0.0227. The third-order valence-electron chi connectivity index (χ3n) is 1.94. The fraction of sp³-hybridized carbons (Fsp3) is 0.500. The fourth-order valence-electron chi connectivity index (χ4n) is 1.22. The maximum absolute atomic E-state index is 11.6. The number of methoxy groups -OCH3 is 1. The molecule has 0 spiro atoms. The standard InChI is InChI=1S/C8H12ClN3O4S/c1-5-7(17(9,14)15)6(12-11-5)8(13)10-3-4-16-2/h3-4H2,1-2H3,(H,10,13)(H,11,12).